The van der Waals surface area contributed by atoms with Crippen LogP contribution in [0.3, 0.4) is 0 Å². The Kier molecular flexibility index (Phi) is 3.20. The van der Waals surface area contributed by atoms with Crippen LogP contribution < -0.4 is 0 Å². The molecule has 0 aliphatic rings. The van der Waals surface area contributed by atoms with Crippen molar-refractivity contribution in [1.82, 2.24) is 10.2 Å². The third-order valence-electron chi connectivity index (χ3n) is 1.90. The summed E-state index contributed by atoms with van der Waals surface area (Å²) < 4.78 is 0. The van der Waals surface area contributed by atoms with E-state index in [4.69, 9.17) is 0 Å². The quantitative estimate of drug-likeness (QED) is 0.686. The third-order valence-corrected chi connectivity index (χ3v) is 1.90. The summed E-state index contributed by atoms with van der Waals surface area (Å²) >= 11 is 0. The van der Waals surface area contributed by atoms with Gasteiger partial charge in [0.2, 0.25) is 0 Å². The Morgan fingerprint density at radius 3 is 2.75 bits per heavy atom. The lowest BCUT2D eigenvalue weighted by Crippen LogP contribution is -2.01. The highest BCUT2D eigenvalue weighted by atomic mass is 15.1. The molecule has 0 aliphatic carbocycles. The molecule has 66 valence electrons. The first kappa shape index (κ1) is 9.17. The zero-order chi connectivity index (χ0) is 8.97. The number of hydrogen-bond donors (Lipinski definition) is 0. The summed E-state index contributed by atoms with van der Waals surface area (Å²) in [7, 11) is 0. The Hall–Kier alpha value is -0.920. The molecule has 0 atom stereocenters. The van der Waals surface area contributed by atoms with Gasteiger partial charge >= 0.3 is 0 Å². The number of aromatic nitrogens is 2. The monoisotopic (exact) mass is 164 g/mol. The first-order chi connectivity index (χ1) is 5.75. The fourth-order valence-electron chi connectivity index (χ4n) is 1.34. The highest BCUT2D eigenvalue weighted by Gasteiger charge is 2.06. The molecule has 0 fully saturated rings. The maximum atomic E-state index is 4.15. The lowest BCUT2D eigenvalue weighted by atomic mass is 10.0. The molecular weight excluding hydrogens is 148 g/mol. The van der Waals surface area contributed by atoms with Gasteiger partial charge in [-0.2, -0.15) is 10.2 Å². The van der Waals surface area contributed by atoms with Crippen LogP contribution in [0, 0.1) is 0 Å². The average Bonchev–Trinajstić information content (AvgIpc) is 2.05. The van der Waals surface area contributed by atoms with E-state index in [2.05, 4.69) is 37.0 Å². The van der Waals surface area contributed by atoms with E-state index in [9.17, 15) is 0 Å². The van der Waals surface area contributed by atoms with Gasteiger partial charge in [0.1, 0.15) is 0 Å². The minimum atomic E-state index is 0.486. The average molecular weight is 164 g/mol. The Bertz CT molecular complexity index is 243. The molecule has 0 spiro atoms. The molecule has 1 heterocycles. The minimum absolute atomic E-state index is 0.486. The number of hydrogen-bond acceptors (Lipinski definition) is 2. The van der Waals surface area contributed by atoms with E-state index < -0.39 is 0 Å². The molecule has 0 saturated carbocycles. The van der Waals surface area contributed by atoms with E-state index in [0.29, 0.717) is 5.92 Å². The second kappa shape index (κ2) is 4.19. The van der Waals surface area contributed by atoms with Crippen molar-refractivity contribution in [2.75, 3.05) is 0 Å². The van der Waals surface area contributed by atoms with Gasteiger partial charge in [0.25, 0.3) is 0 Å². The molecule has 1 aromatic heterocycles. The molecule has 1 aromatic rings. The van der Waals surface area contributed by atoms with Gasteiger partial charge < -0.3 is 0 Å². The molecular formula is C10H16N2. The van der Waals surface area contributed by atoms with E-state index in [-0.39, 0.29) is 0 Å². The summed E-state index contributed by atoms with van der Waals surface area (Å²) in [5.74, 6) is 0.486. The minimum Gasteiger partial charge on any atom is -0.159 e. The van der Waals surface area contributed by atoms with Gasteiger partial charge in [-0.05, 0) is 24.0 Å². The molecule has 0 aromatic carbocycles. The van der Waals surface area contributed by atoms with Crippen LogP contribution in [0.15, 0.2) is 12.3 Å². The van der Waals surface area contributed by atoms with Gasteiger partial charge in [0.15, 0.2) is 0 Å². The largest absolute Gasteiger partial charge is 0.159 e. The Balaban J connectivity index is 2.92. The van der Waals surface area contributed by atoms with Gasteiger partial charge in [0.05, 0.1) is 5.69 Å². The molecule has 0 amide bonds. The molecule has 0 N–H and O–H groups in total. The van der Waals surface area contributed by atoms with Crippen molar-refractivity contribution in [1.29, 1.82) is 0 Å². The Morgan fingerprint density at radius 1 is 1.42 bits per heavy atom. The van der Waals surface area contributed by atoms with Gasteiger partial charge in [-0.25, -0.2) is 0 Å². The van der Waals surface area contributed by atoms with Crippen molar-refractivity contribution < 1.29 is 0 Å². The second-order valence-electron chi connectivity index (χ2n) is 3.35. The van der Waals surface area contributed by atoms with Gasteiger partial charge in [-0.3, -0.25) is 0 Å². The van der Waals surface area contributed by atoms with Crippen LogP contribution in [0.5, 0.6) is 0 Å². The number of aryl methyl sites for hydroxylation is 1. The van der Waals surface area contributed by atoms with Crippen molar-refractivity contribution in [2.24, 2.45) is 0 Å². The summed E-state index contributed by atoms with van der Waals surface area (Å²) in [6.07, 6.45) is 4.06. The molecule has 12 heavy (non-hydrogen) atoms. The molecule has 2 nitrogen and oxygen atoms in total. The van der Waals surface area contributed by atoms with Gasteiger partial charge in [-0.15, -0.1) is 0 Å². The lowest BCUT2D eigenvalue weighted by Gasteiger charge is -2.08. The lowest BCUT2D eigenvalue weighted by molar-refractivity contribution is 0.749. The molecule has 0 unspecified atom stereocenters. The van der Waals surface area contributed by atoms with Crippen LogP contribution in [0.25, 0.3) is 0 Å². The Labute approximate surface area is 74.0 Å². The Morgan fingerprint density at radius 2 is 2.17 bits per heavy atom. The molecule has 0 radical (unpaired) electrons. The number of nitrogens with zero attached hydrogens (tertiary/aromatic N) is 2. The topological polar surface area (TPSA) is 25.8 Å². The summed E-state index contributed by atoms with van der Waals surface area (Å²) in [5, 5.41) is 8.05. The number of rotatable bonds is 3. The molecule has 0 saturated heterocycles. The molecule has 1 rings (SSSR count). The van der Waals surface area contributed by atoms with Crippen LogP contribution in [-0.4, -0.2) is 10.2 Å². The zero-order valence-corrected chi connectivity index (χ0v) is 8.04. The maximum absolute atomic E-state index is 4.15. The fraction of sp³-hybridized carbons (Fsp3) is 0.600. The zero-order valence-electron chi connectivity index (χ0n) is 8.04. The van der Waals surface area contributed by atoms with E-state index >= 15 is 0 Å². The first-order valence-electron chi connectivity index (χ1n) is 4.56. The van der Waals surface area contributed by atoms with Gasteiger partial charge in [0, 0.05) is 6.20 Å². The van der Waals surface area contributed by atoms with E-state index in [1.807, 2.05) is 0 Å². The van der Waals surface area contributed by atoms with Crippen molar-refractivity contribution in [2.45, 2.75) is 39.5 Å². The molecule has 0 bridgehead atoms. The van der Waals surface area contributed by atoms with E-state index in [1.54, 1.807) is 6.20 Å². The highest BCUT2D eigenvalue weighted by molar-refractivity contribution is 5.20. The van der Waals surface area contributed by atoms with Crippen LogP contribution in [0.2, 0.25) is 0 Å². The van der Waals surface area contributed by atoms with Crippen LogP contribution in [0.1, 0.15) is 44.4 Å². The van der Waals surface area contributed by atoms with Crippen molar-refractivity contribution >= 4 is 0 Å². The summed E-state index contributed by atoms with van der Waals surface area (Å²) in [5.41, 5.74) is 2.50. The summed E-state index contributed by atoms with van der Waals surface area (Å²) in [6.45, 7) is 6.50. The van der Waals surface area contributed by atoms with Crippen LogP contribution in [-0.2, 0) is 6.42 Å². The molecule has 0 aliphatic heterocycles. The summed E-state index contributed by atoms with van der Waals surface area (Å²) in [6, 6.07) is 2.08. The smallest absolute Gasteiger partial charge is 0.0688 e. The highest BCUT2D eigenvalue weighted by Crippen LogP contribution is 2.16. The third kappa shape index (κ3) is 2.03. The first-order valence-corrected chi connectivity index (χ1v) is 4.56. The van der Waals surface area contributed by atoms with Crippen LogP contribution >= 0.6 is 0 Å². The van der Waals surface area contributed by atoms with E-state index in [1.165, 1.54) is 12.0 Å². The normalized spacial score (nSPS) is 10.7. The van der Waals surface area contributed by atoms with Crippen molar-refractivity contribution in [3.8, 4) is 0 Å². The predicted octanol–water partition coefficient (Wildman–Crippen LogP) is 2.55. The van der Waals surface area contributed by atoms with Crippen LogP contribution in [0.4, 0.5) is 0 Å². The van der Waals surface area contributed by atoms with E-state index in [0.717, 1.165) is 12.1 Å². The summed E-state index contributed by atoms with van der Waals surface area (Å²) in [4.78, 5) is 0. The van der Waals surface area contributed by atoms with Gasteiger partial charge in [-0.1, -0.05) is 27.2 Å². The second-order valence-corrected chi connectivity index (χ2v) is 3.35. The van der Waals surface area contributed by atoms with Crippen molar-refractivity contribution in [3.63, 3.8) is 0 Å². The molecule has 2 heteroatoms. The fourth-order valence-corrected chi connectivity index (χ4v) is 1.34. The van der Waals surface area contributed by atoms with Crippen molar-refractivity contribution in [3.05, 3.63) is 23.5 Å². The SMILES string of the molecule is CCCc1ccnnc1C(C)C. The predicted molar refractivity (Wildman–Crippen MR) is 50.1 cm³/mol. The maximum Gasteiger partial charge on any atom is 0.0688 e. The standard InChI is InChI=1S/C10H16N2/c1-4-5-9-6-7-11-12-10(9)8(2)3/h6-8H,4-5H2,1-3H3.